The zero-order valence-corrected chi connectivity index (χ0v) is 10.1. The quantitative estimate of drug-likeness (QED) is 0.865. The third-order valence-corrected chi connectivity index (χ3v) is 4.16. The van der Waals surface area contributed by atoms with Gasteiger partial charge in [-0.25, -0.2) is 0 Å². The summed E-state index contributed by atoms with van der Waals surface area (Å²) in [5.74, 6) is 2.21. The molecule has 1 heterocycles. The van der Waals surface area contributed by atoms with Gasteiger partial charge in [0.05, 0.1) is 6.04 Å². The second-order valence-electron chi connectivity index (χ2n) is 5.44. The van der Waals surface area contributed by atoms with Crippen molar-refractivity contribution in [1.82, 2.24) is 10.3 Å². The van der Waals surface area contributed by atoms with Gasteiger partial charge in [-0.2, -0.15) is 0 Å². The highest BCUT2D eigenvalue weighted by Gasteiger charge is 2.48. The number of amides is 1. The zero-order valence-electron chi connectivity index (χ0n) is 10.1. The SMILES string of the molecule is C[C@H](NC(=O)C1CC2CC2C1)c1cccnc1. The molecule has 3 nitrogen and oxygen atoms in total. The minimum Gasteiger partial charge on any atom is -0.349 e. The summed E-state index contributed by atoms with van der Waals surface area (Å²) in [4.78, 5) is 16.1. The average molecular weight is 230 g/mol. The predicted octanol–water partition coefficient (Wildman–Crippen LogP) is 2.30. The molecule has 0 bridgehead atoms. The third kappa shape index (κ3) is 2.19. The largest absolute Gasteiger partial charge is 0.349 e. The number of pyridine rings is 1. The fourth-order valence-corrected chi connectivity index (χ4v) is 2.98. The molecule has 3 atom stereocenters. The standard InChI is InChI=1S/C14H18N2O/c1-9(10-3-2-4-15-8-10)16-14(17)13-6-11-5-12(11)7-13/h2-4,8-9,11-13H,5-7H2,1H3,(H,16,17)/t9-,11?,12?,13?/m0/s1. The first-order valence-electron chi connectivity index (χ1n) is 6.44. The van der Waals surface area contributed by atoms with Crippen LogP contribution in [0.1, 0.15) is 37.8 Å². The molecule has 1 amide bonds. The van der Waals surface area contributed by atoms with Crippen LogP contribution in [0.5, 0.6) is 0 Å². The summed E-state index contributed by atoms with van der Waals surface area (Å²) in [6, 6.07) is 3.97. The van der Waals surface area contributed by atoms with Crippen molar-refractivity contribution in [3.63, 3.8) is 0 Å². The van der Waals surface area contributed by atoms with Crippen LogP contribution in [0, 0.1) is 17.8 Å². The van der Waals surface area contributed by atoms with Gasteiger partial charge in [-0.15, -0.1) is 0 Å². The molecule has 0 saturated heterocycles. The molecule has 2 saturated carbocycles. The Hall–Kier alpha value is -1.38. The van der Waals surface area contributed by atoms with E-state index in [-0.39, 0.29) is 17.9 Å². The van der Waals surface area contributed by atoms with Crippen molar-refractivity contribution in [2.45, 2.75) is 32.2 Å². The third-order valence-electron chi connectivity index (χ3n) is 4.16. The molecule has 0 aliphatic heterocycles. The molecule has 2 aliphatic carbocycles. The van der Waals surface area contributed by atoms with E-state index in [0.717, 1.165) is 30.2 Å². The van der Waals surface area contributed by atoms with E-state index in [1.165, 1.54) is 6.42 Å². The van der Waals surface area contributed by atoms with Crippen LogP contribution in [0.25, 0.3) is 0 Å². The molecule has 90 valence electrons. The Morgan fingerprint density at radius 1 is 1.41 bits per heavy atom. The van der Waals surface area contributed by atoms with Crippen LogP contribution in [0.15, 0.2) is 24.5 Å². The van der Waals surface area contributed by atoms with Crippen LogP contribution >= 0.6 is 0 Å². The molecule has 1 aromatic heterocycles. The maximum atomic E-state index is 12.1. The van der Waals surface area contributed by atoms with E-state index in [0.29, 0.717) is 0 Å². The highest BCUT2D eigenvalue weighted by atomic mass is 16.1. The van der Waals surface area contributed by atoms with Gasteiger partial charge in [-0.1, -0.05) is 6.07 Å². The second-order valence-corrected chi connectivity index (χ2v) is 5.44. The van der Waals surface area contributed by atoms with Gasteiger partial charge in [0, 0.05) is 18.3 Å². The summed E-state index contributed by atoms with van der Waals surface area (Å²) in [6.07, 6.45) is 7.15. The highest BCUT2D eigenvalue weighted by molar-refractivity contribution is 5.79. The van der Waals surface area contributed by atoms with E-state index in [4.69, 9.17) is 0 Å². The van der Waals surface area contributed by atoms with Crippen molar-refractivity contribution in [2.24, 2.45) is 17.8 Å². The fraction of sp³-hybridized carbons (Fsp3) is 0.571. The monoisotopic (exact) mass is 230 g/mol. The number of fused-ring (bicyclic) bond motifs is 1. The van der Waals surface area contributed by atoms with Gasteiger partial charge in [-0.3, -0.25) is 9.78 Å². The van der Waals surface area contributed by atoms with Crippen molar-refractivity contribution in [3.05, 3.63) is 30.1 Å². The molecule has 2 aliphatic rings. The molecule has 1 N–H and O–H groups in total. The molecule has 2 fully saturated rings. The number of hydrogen-bond acceptors (Lipinski definition) is 2. The molecule has 2 unspecified atom stereocenters. The predicted molar refractivity (Wildman–Crippen MR) is 65.1 cm³/mol. The molecule has 0 spiro atoms. The van der Waals surface area contributed by atoms with Crippen LogP contribution in [-0.4, -0.2) is 10.9 Å². The lowest BCUT2D eigenvalue weighted by atomic mass is 10.0. The second kappa shape index (κ2) is 4.13. The van der Waals surface area contributed by atoms with Gasteiger partial charge in [0.15, 0.2) is 0 Å². The number of hydrogen-bond donors (Lipinski definition) is 1. The molecule has 1 aromatic rings. The molecular formula is C14H18N2O. The summed E-state index contributed by atoms with van der Waals surface area (Å²) in [5, 5.41) is 3.10. The molecule has 0 radical (unpaired) electrons. The molecular weight excluding hydrogens is 212 g/mol. The van der Waals surface area contributed by atoms with Crippen molar-refractivity contribution in [2.75, 3.05) is 0 Å². The topological polar surface area (TPSA) is 42.0 Å². The Morgan fingerprint density at radius 2 is 2.18 bits per heavy atom. The van der Waals surface area contributed by atoms with Crippen molar-refractivity contribution in [3.8, 4) is 0 Å². The first-order valence-corrected chi connectivity index (χ1v) is 6.44. The van der Waals surface area contributed by atoms with E-state index in [9.17, 15) is 4.79 Å². The smallest absolute Gasteiger partial charge is 0.223 e. The van der Waals surface area contributed by atoms with E-state index in [2.05, 4.69) is 10.3 Å². The van der Waals surface area contributed by atoms with Crippen molar-refractivity contribution < 1.29 is 4.79 Å². The Labute approximate surface area is 102 Å². The average Bonchev–Trinajstić information content (AvgIpc) is 2.97. The minimum atomic E-state index is 0.0631. The normalized spacial score (nSPS) is 31.7. The molecule has 17 heavy (non-hydrogen) atoms. The van der Waals surface area contributed by atoms with Crippen LogP contribution in [0.2, 0.25) is 0 Å². The van der Waals surface area contributed by atoms with Crippen molar-refractivity contribution >= 4 is 5.91 Å². The van der Waals surface area contributed by atoms with Crippen LogP contribution in [0.3, 0.4) is 0 Å². The lowest BCUT2D eigenvalue weighted by Crippen LogP contribution is -2.32. The number of carbonyl (C=O) groups excluding carboxylic acids is 1. The number of nitrogens with zero attached hydrogens (tertiary/aromatic N) is 1. The van der Waals surface area contributed by atoms with Gasteiger partial charge in [-0.05, 0) is 49.7 Å². The maximum absolute atomic E-state index is 12.1. The van der Waals surface area contributed by atoms with Crippen molar-refractivity contribution in [1.29, 1.82) is 0 Å². The van der Waals surface area contributed by atoms with E-state index in [1.54, 1.807) is 6.20 Å². The Bertz CT molecular complexity index is 407. The molecule has 3 rings (SSSR count). The Kier molecular flexibility index (Phi) is 2.61. The molecule has 0 aromatic carbocycles. The lowest BCUT2D eigenvalue weighted by molar-refractivity contribution is -0.125. The van der Waals surface area contributed by atoms with E-state index < -0.39 is 0 Å². The Morgan fingerprint density at radius 3 is 2.82 bits per heavy atom. The van der Waals surface area contributed by atoms with Crippen LogP contribution < -0.4 is 5.32 Å². The van der Waals surface area contributed by atoms with Gasteiger partial charge in [0.2, 0.25) is 5.91 Å². The summed E-state index contributed by atoms with van der Waals surface area (Å²) in [6.45, 7) is 2.02. The first-order chi connectivity index (χ1) is 8.24. The summed E-state index contributed by atoms with van der Waals surface area (Å²) in [7, 11) is 0. The van der Waals surface area contributed by atoms with Gasteiger partial charge < -0.3 is 5.32 Å². The van der Waals surface area contributed by atoms with E-state index in [1.807, 2.05) is 25.3 Å². The molecule has 3 heteroatoms. The number of rotatable bonds is 3. The minimum absolute atomic E-state index is 0.0631. The zero-order chi connectivity index (χ0) is 11.8. The van der Waals surface area contributed by atoms with E-state index >= 15 is 0 Å². The number of nitrogens with one attached hydrogen (secondary N) is 1. The summed E-state index contributed by atoms with van der Waals surface area (Å²) in [5.41, 5.74) is 1.07. The summed E-state index contributed by atoms with van der Waals surface area (Å²) < 4.78 is 0. The number of carbonyl (C=O) groups is 1. The van der Waals surface area contributed by atoms with Crippen LogP contribution in [0.4, 0.5) is 0 Å². The van der Waals surface area contributed by atoms with Gasteiger partial charge in [0.1, 0.15) is 0 Å². The van der Waals surface area contributed by atoms with Gasteiger partial charge in [0.25, 0.3) is 0 Å². The Balaban J connectivity index is 1.57. The lowest BCUT2D eigenvalue weighted by Gasteiger charge is -2.17. The maximum Gasteiger partial charge on any atom is 0.223 e. The van der Waals surface area contributed by atoms with Gasteiger partial charge >= 0.3 is 0 Å². The summed E-state index contributed by atoms with van der Waals surface area (Å²) >= 11 is 0. The fourth-order valence-electron chi connectivity index (χ4n) is 2.98. The first kappa shape index (κ1) is 10.8. The number of aromatic nitrogens is 1. The highest BCUT2D eigenvalue weighted by Crippen LogP contribution is 2.54. The van der Waals surface area contributed by atoms with Crippen LogP contribution in [-0.2, 0) is 4.79 Å².